The number of hydrogen-bond acceptors (Lipinski definition) is 5. The first kappa shape index (κ1) is 19.5. The summed E-state index contributed by atoms with van der Waals surface area (Å²) in [7, 11) is 1.53. The lowest BCUT2D eigenvalue weighted by Crippen LogP contribution is -2.37. The van der Waals surface area contributed by atoms with Crippen molar-refractivity contribution in [1.29, 1.82) is 0 Å². The molecule has 0 saturated heterocycles. The number of benzene rings is 1. The molecule has 1 aromatic rings. The summed E-state index contributed by atoms with van der Waals surface area (Å²) in [6, 6.07) is 5.38. The van der Waals surface area contributed by atoms with Crippen LogP contribution < -0.4 is 14.8 Å². The van der Waals surface area contributed by atoms with E-state index in [2.05, 4.69) is 5.32 Å². The molecular weight excluding hydrogens is 310 g/mol. The number of carbonyl (C=O) groups is 2. The zero-order chi connectivity index (χ0) is 17.9. The molecule has 0 spiro atoms. The molecule has 0 saturated carbocycles. The van der Waals surface area contributed by atoms with Gasteiger partial charge in [-0.3, -0.25) is 4.79 Å². The summed E-state index contributed by atoms with van der Waals surface area (Å²) >= 11 is 0. The zero-order valence-corrected chi connectivity index (χ0v) is 14.6. The number of allylic oxidation sites excluding steroid dienone is 1. The van der Waals surface area contributed by atoms with Gasteiger partial charge in [0.25, 0.3) is 5.91 Å². The first-order valence-electron chi connectivity index (χ1n) is 7.92. The first-order valence-corrected chi connectivity index (χ1v) is 7.92. The molecule has 1 aromatic carbocycles. The van der Waals surface area contributed by atoms with Crippen molar-refractivity contribution < 1.29 is 23.8 Å². The van der Waals surface area contributed by atoms with Crippen LogP contribution in [0.3, 0.4) is 0 Å². The molecule has 24 heavy (non-hydrogen) atoms. The Morgan fingerprint density at radius 3 is 2.67 bits per heavy atom. The van der Waals surface area contributed by atoms with Gasteiger partial charge < -0.3 is 19.5 Å². The lowest BCUT2D eigenvalue weighted by molar-refractivity contribution is -0.156. The van der Waals surface area contributed by atoms with E-state index >= 15 is 0 Å². The van der Waals surface area contributed by atoms with Crippen LogP contribution in [0.2, 0.25) is 0 Å². The molecule has 1 rings (SSSR count). The fourth-order valence-corrected chi connectivity index (χ4v) is 1.91. The molecule has 0 heterocycles. The molecule has 6 nitrogen and oxygen atoms in total. The molecular formula is C18H25NO5. The van der Waals surface area contributed by atoms with Gasteiger partial charge in [0.15, 0.2) is 24.2 Å². The van der Waals surface area contributed by atoms with Crippen molar-refractivity contribution in [3.05, 3.63) is 29.8 Å². The Labute approximate surface area is 142 Å². The second kappa shape index (κ2) is 10.3. The molecule has 0 aliphatic rings. The Kier molecular flexibility index (Phi) is 8.39. The van der Waals surface area contributed by atoms with Gasteiger partial charge in [0, 0.05) is 6.54 Å². The van der Waals surface area contributed by atoms with Crippen molar-refractivity contribution in [2.24, 2.45) is 0 Å². The highest BCUT2D eigenvalue weighted by atomic mass is 16.6. The summed E-state index contributed by atoms with van der Waals surface area (Å²) in [6.45, 7) is 5.64. The topological polar surface area (TPSA) is 73.9 Å². The Morgan fingerprint density at radius 1 is 1.29 bits per heavy atom. The molecule has 0 aliphatic heterocycles. The van der Waals surface area contributed by atoms with Crippen LogP contribution >= 0.6 is 0 Å². The molecule has 0 bridgehead atoms. The fraction of sp³-hybridized carbons (Fsp3) is 0.444. The smallest absolute Gasteiger partial charge is 0.344 e. The van der Waals surface area contributed by atoms with Gasteiger partial charge in [0.05, 0.1) is 7.11 Å². The van der Waals surface area contributed by atoms with Crippen LogP contribution in [0.15, 0.2) is 24.3 Å². The predicted molar refractivity (Wildman–Crippen MR) is 92.1 cm³/mol. The van der Waals surface area contributed by atoms with Crippen LogP contribution in [0.25, 0.3) is 6.08 Å². The van der Waals surface area contributed by atoms with E-state index in [1.165, 1.54) is 14.0 Å². The Hall–Kier alpha value is -2.50. The Morgan fingerprint density at radius 2 is 2.04 bits per heavy atom. The maximum atomic E-state index is 11.8. The predicted octanol–water partition coefficient (Wildman–Crippen LogP) is 2.57. The second-order valence-electron chi connectivity index (χ2n) is 5.12. The third kappa shape index (κ3) is 6.32. The van der Waals surface area contributed by atoms with E-state index < -0.39 is 12.1 Å². The number of carbonyl (C=O) groups excluding carboxylic acids is 2. The Balaban J connectivity index is 2.56. The van der Waals surface area contributed by atoms with Crippen molar-refractivity contribution >= 4 is 18.0 Å². The van der Waals surface area contributed by atoms with Gasteiger partial charge in [-0.05, 0) is 38.0 Å². The highest BCUT2D eigenvalue weighted by Crippen LogP contribution is 2.28. The number of rotatable bonds is 9. The minimum Gasteiger partial charge on any atom is -0.493 e. The summed E-state index contributed by atoms with van der Waals surface area (Å²) in [4.78, 5) is 23.5. The highest BCUT2D eigenvalue weighted by molar-refractivity contribution is 5.83. The molecule has 0 radical (unpaired) electrons. The van der Waals surface area contributed by atoms with Gasteiger partial charge in [-0.15, -0.1) is 0 Å². The zero-order valence-electron chi connectivity index (χ0n) is 14.6. The molecule has 0 aliphatic carbocycles. The number of methoxy groups -OCH3 is 1. The third-order valence-corrected chi connectivity index (χ3v) is 3.12. The summed E-state index contributed by atoms with van der Waals surface area (Å²) in [5.41, 5.74) is 0.963. The van der Waals surface area contributed by atoms with E-state index in [0.717, 1.165) is 12.0 Å². The van der Waals surface area contributed by atoms with E-state index in [1.54, 1.807) is 6.07 Å². The highest BCUT2D eigenvalue weighted by Gasteiger charge is 2.18. The SMILES string of the molecule is C/C=C/c1ccc(OCC(=O)O[C@@H](C)C(=O)NCCC)c(OC)c1. The maximum Gasteiger partial charge on any atom is 0.344 e. The number of hydrogen-bond donors (Lipinski definition) is 1. The summed E-state index contributed by atoms with van der Waals surface area (Å²) < 4.78 is 15.7. The minimum atomic E-state index is -0.855. The number of esters is 1. The van der Waals surface area contributed by atoms with E-state index in [-0.39, 0.29) is 12.5 Å². The second-order valence-corrected chi connectivity index (χ2v) is 5.12. The minimum absolute atomic E-state index is 0.301. The average Bonchev–Trinajstić information content (AvgIpc) is 2.58. The Bertz CT molecular complexity index is 583. The lowest BCUT2D eigenvalue weighted by Gasteiger charge is -2.14. The van der Waals surface area contributed by atoms with Gasteiger partial charge in [0.1, 0.15) is 0 Å². The van der Waals surface area contributed by atoms with Gasteiger partial charge in [-0.25, -0.2) is 4.79 Å². The first-order chi connectivity index (χ1) is 11.5. The van der Waals surface area contributed by atoms with Crippen LogP contribution in [0, 0.1) is 0 Å². The molecule has 1 atom stereocenters. The normalized spacial score (nSPS) is 11.8. The maximum absolute atomic E-state index is 11.8. The quantitative estimate of drug-likeness (QED) is 0.702. The molecule has 1 N–H and O–H groups in total. The van der Waals surface area contributed by atoms with Gasteiger partial charge >= 0.3 is 5.97 Å². The summed E-state index contributed by atoms with van der Waals surface area (Å²) in [5.74, 6) is 0.0187. The fourth-order valence-electron chi connectivity index (χ4n) is 1.91. The molecule has 6 heteroatoms. The molecule has 0 unspecified atom stereocenters. The van der Waals surface area contributed by atoms with E-state index in [9.17, 15) is 9.59 Å². The van der Waals surface area contributed by atoms with E-state index in [1.807, 2.05) is 38.1 Å². The van der Waals surface area contributed by atoms with Gasteiger partial charge in [-0.1, -0.05) is 25.1 Å². The molecule has 0 fully saturated rings. The third-order valence-electron chi connectivity index (χ3n) is 3.12. The van der Waals surface area contributed by atoms with E-state index in [4.69, 9.17) is 14.2 Å². The molecule has 0 aromatic heterocycles. The average molecular weight is 335 g/mol. The van der Waals surface area contributed by atoms with Gasteiger partial charge in [0.2, 0.25) is 0 Å². The van der Waals surface area contributed by atoms with Gasteiger partial charge in [-0.2, -0.15) is 0 Å². The van der Waals surface area contributed by atoms with Crippen LogP contribution in [0.5, 0.6) is 11.5 Å². The van der Waals surface area contributed by atoms with Crippen molar-refractivity contribution in [2.45, 2.75) is 33.3 Å². The number of ether oxygens (including phenoxy) is 3. The largest absolute Gasteiger partial charge is 0.493 e. The number of nitrogens with one attached hydrogen (secondary N) is 1. The summed E-state index contributed by atoms with van der Waals surface area (Å²) in [5, 5.41) is 2.66. The van der Waals surface area contributed by atoms with Crippen molar-refractivity contribution in [1.82, 2.24) is 5.32 Å². The van der Waals surface area contributed by atoms with Crippen LogP contribution in [0.1, 0.15) is 32.8 Å². The standard InChI is InChI=1S/C18H25NO5/c1-5-7-14-8-9-15(16(11-14)22-4)23-12-17(20)24-13(3)18(21)19-10-6-2/h5,7-9,11,13H,6,10,12H2,1-4H3,(H,19,21)/b7-5+/t13-/m0/s1. The lowest BCUT2D eigenvalue weighted by atomic mass is 10.2. The van der Waals surface area contributed by atoms with Crippen molar-refractivity contribution in [2.75, 3.05) is 20.3 Å². The summed E-state index contributed by atoms with van der Waals surface area (Å²) in [6.07, 6.45) is 3.81. The monoisotopic (exact) mass is 335 g/mol. The van der Waals surface area contributed by atoms with Crippen LogP contribution in [-0.2, 0) is 14.3 Å². The van der Waals surface area contributed by atoms with Crippen molar-refractivity contribution in [3.8, 4) is 11.5 Å². The molecule has 1 amide bonds. The van der Waals surface area contributed by atoms with E-state index in [0.29, 0.717) is 18.0 Å². The van der Waals surface area contributed by atoms with Crippen LogP contribution in [-0.4, -0.2) is 38.2 Å². The van der Waals surface area contributed by atoms with Crippen molar-refractivity contribution in [3.63, 3.8) is 0 Å². The number of amides is 1. The van der Waals surface area contributed by atoms with Crippen LogP contribution in [0.4, 0.5) is 0 Å². The molecule has 132 valence electrons.